The number of benzene rings is 1. The molecular weight excluding hydrogens is 250 g/mol. The summed E-state index contributed by atoms with van der Waals surface area (Å²) in [5.41, 5.74) is 5.54. The van der Waals surface area contributed by atoms with Crippen molar-refractivity contribution in [3.8, 4) is 22.7 Å². The Kier molecular flexibility index (Phi) is 2.59. The Bertz CT molecular complexity index is 750. The fourth-order valence-electron chi connectivity index (χ4n) is 2.75. The van der Waals surface area contributed by atoms with E-state index in [1.165, 1.54) is 23.1 Å². The average Bonchev–Trinajstić information content (AvgIpc) is 2.96. The van der Waals surface area contributed by atoms with Gasteiger partial charge in [-0.3, -0.25) is 0 Å². The van der Waals surface area contributed by atoms with Crippen molar-refractivity contribution in [1.82, 2.24) is 15.2 Å². The minimum absolute atomic E-state index is 0.665. The molecule has 0 fully saturated rings. The predicted molar refractivity (Wildman–Crippen MR) is 75.0 cm³/mol. The first-order valence-corrected chi connectivity index (χ1v) is 6.75. The van der Waals surface area contributed by atoms with Gasteiger partial charge in [-0.1, -0.05) is 24.3 Å². The van der Waals surface area contributed by atoms with Gasteiger partial charge in [0.05, 0.1) is 11.9 Å². The maximum Gasteiger partial charge on any atom is 0.181 e. The third-order valence-corrected chi connectivity index (χ3v) is 3.72. The first-order chi connectivity index (χ1) is 9.92. The zero-order chi connectivity index (χ0) is 13.4. The lowest BCUT2D eigenvalue weighted by molar-refractivity contribution is 0.568. The van der Waals surface area contributed by atoms with E-state index < -0.39 is 0 Å². The monoisotopic (exact) mass is 263 g/mol. The van der Waals surface area contributed by atoms with Crippen molar-refractivity contribution in [1.29, 1.82) is 0 Å². The molecule has 1 aromatic carbocycles. The van der Waals surface area contributed by atoms with Gasteiger partial charge in [-0.25, -0.2) is 4.98 Å². The second-order valence-electron chi connectivity index (χ2n) is 4.98. The van der Waals surface area contributed by atoms with E-state index in [2.05, 4.69) is 45.5 Å². The van der Waals surface area contributed by atoms with E-state index in [-0.39, 0.29) is 0 Å². The number of nitrogens with zero attached hydrogens (tertiary/aromatic N) is 3. The molecule has 0 aliphatic heterocycles. The summed E-state index contributed by atoms with van der Waals surface area (Å²) in [4.78, 5) is 3.93. The van der Waals surface area contributed by atoms with Crippen molar-refractivity contribution >= 4 is 0 Å². The second-order valence-corrected chi connectivity index (χ2v) is 4.98. The molecule has 20 heavy (non-hydrogen) atoms. The Labute approximate surface area is 116 Å². The highest BCUT2D eigenvalue weighted by Crippen LogP contribution is 2.31. The summed E-state index contributed by atoms with van der Waals surface area (Å²) >= 11 is 0. The number of fused-ring (bicyclic) bond motifs is 3. The van der Waals surface area contributed by atoms with Gasteiger partial charge in [-0.2, -0.15) is 0 Å². The van der Waals surface area contributed by atoms with Crippen LogP contribution in [0, 0.1) is 0 Å². The van der Waals surface area contributed by atoms with Crippen molar-refractivity contribution in [2.45, 2.75) is 19.3 Å². The van der Waals surface area contributed by atoms with Crippen LogP contribution >= 0.6 is 0 Å². The van der Waals surface area contributed by atoms with Gasteiger partial charge in [-0.15, -0.1) is 10.2 Å². The standard InChI is InChI=1S/C16H13N3O/c1-2-7-13-11(4-1)5-3-6-12-8-14(18-19-16(12)13)15-9-17-10-20-15/h1-2,4,7-10H,3,5-6H2. The Morgan fingerprint density at radius 3 is 2.80 bits per heavy atom. The van der Waals surface area contributed by atoms with Crippen molar-refractivity contribution in [3.63, 3.8) is 0 Å². The van der Waals surface area contributed by atoms with Gasteiger partial charge in [0.25, 0.3) is 0 Å². The van der Waals surface area contributed by atoms with E-state index in [1.54, 1.807) is 6.20 Å². The third-order valence-electron chi connectivity index (χ3n) is 3.72. The predicted octanol–water partition coefficient (Wildman–Crippen LogP) is 3.29. The summed E-state index contributed by atoms with van der Waals surface area (Å²) in [5, 5.41) is 8.73. The minimum Gasteiger partial charge on any atom is -0.442 e. The number of hydrogen-bond acceptors (Lipinski definition) is 4. The maximum absolute atomic E-state index is 5.30. The molecule has 4 nitrogen and oxygen atoms in total. The van der Waals surface area contributed by atoms with E-state index in [0.717, 1.165) is 30.7 Å². The average molecular weight is 263 g/mol. The highest BCUT2D eigenvalue weighted by atomic mass is 16.3. The van der Waals surface area contributed by atoms with E-state index in [4.69, 9.17) is 4.42 Å². The normalized spacial score (nSPS) is 13.4. The Morgan fingerprint density at radius 1 is 1.00 bits per heavy atom. The topological polar surface area (TPSA) is 51.8 Å². The summed E-state index contributed by atoms with van der Waals surface area (Å²) in [6, 6.07) is 10.5. The minimum atomic E-state index is 0.665. The molecule has 4 rings (SSSR count). The van der Waals surface area contributed by atoms with Crippen LogP contribution in [0.3, 0.4) is 0 Å². The molecule has 2 heterocycles. The van der Waals surface area contributed by atoms with Crippen molar-refractivity contribution in [3.05, 3.63) is 54.0 Å². The number of hydrogen-bond donors (Lipinski definition) is 0. The molecule has 1 aliphatic rings. The van der Waals surface area contributed by atoms with Gasteiger partial charge in [0.2, 0.25) is 0 Å². The molecule has 0 bridgehead atoms. The highest BCUT2D eigenvalue weighted by Gasteiger charge is 2.17. The van der Waals surface area contributed by atoms with Gasteiger partial charge in [0.1, 0.15) is 5.69 Å². The molecule has 2 aromatic heterocycles. The first-order valence-electron chi connectivity index (χ1n) is 6.75. The molecule has 0 atom stereocenters. The zero-order valence-corrected chi connectivity index (χ0v) is 10.9. The summed E-state index contributed by atoms with van der Waals surface area (Å²) in [6.07, 6.45) is 6.31. The number of aryl methyl sites for hydroxylation is 2. The van der Waals surface area contributed by atoms with Crippen LogP contribution in [0.15, 0.2) is 47.3 Å². The fourth-order valence-corrected chi connectivity index (χ4v) is 2.75. The van der Waals surface area contributed by atoms with Gasteiger partial charge in [0.15, 0.2) is 12.2 Å². The van der Waals surface area contributed by atoms with Gasteiger partial charge in [-0.05, 0) is 36.5 Å². The number of oxazole rings is 1. The molecule has 0 saturated heterocycles. The molecule has 1 aliphatic carbocycles. The van der Waals surface area contributed by atoms with Gasteiger partial charge >= 0.3 is 0 Å². The Morgan fingerprint density at radius 2 is 1.90 bits per heavy atom. The van der Waals surface area contributed by atoms with Crippen LogP contribution in [0.5, 0.6) is 0 Å². The van der Waals surface area contributed by atoms with Crippen LogP contribution in [0.25, 0.3) is 22.7 Å². The number of rotatable bonds is 1. The molecule has 0 unspecified atom stereocenters. The molecule has 0 spiro atoms. The summed E-state index contributed by atoms with van der Waals surface area (Å²) in [5.74, 6) is 0.665. The maximum atomic E-state index is 5.30. The van der Waals surface area contributed by atoms with E-state index >= 15 is 0 Å². The largest absolute Gasteiger partial charge is 0.442 e. The van der Waals surface area contributed by atoms with Crippen molar-refractivity contribution < 1.29 is 4.42 Å². The molecule has 3 aromatic rings. The SMILES string of the molecule is c1ccc2c(c1)CCCc1cc(-c3cnco3)nnc1-2. The van der Waals surface area contributed by atoms with Crippen LogP contribution in [-0.2, 0) is 12.8 Å². The molecule has 0 N–H and O–H groups in total. The lowest BCUT2D eigenvalue weighted by atomic mass is 10.0. The molecular formula is C16H13N3O. The number of aromatic nitrogens is 3. The summed E-state index contributed by atoms with van der Waals surface area (Å²) < 4.78 is 5.30. The van der Waals surface area contributed by atoms with Crippen LogP contribution < -0.4 is 0 Å². The van der Waals surface area contributed by atoms with Crippen LogP contribution in [-0.4, -0.2) is 15.2 Å². The van der Waals surface area contributed by atoms with E-state index in [9.17, 15) is 0 Å². The van der Waals surface area contributed by atoms with Crippen molar-refractivity contribution in [2.75, 3.05) is 0 Å². The molecule has 0 amide bonds. The highest BCUT2D eigenvalue weighted by molar-refractivity contribution is 5.69. The molecule has 4 heteroatoms. The van der Waals surface area contributed by atoms with Crippen LogP contribution in [0.1, 0.15) is 17.5 Å². The quantitative estimate of drug-likeness (QED) is 0.676. The van der Waals surface area contributed by atoms with Gasteiger partial charge in [0, 0.05) is 5.56 Å². The van der Waals surface area contributed by atoms with E-state index in [1.807, 2.05) is 0 Å². The van der Waals surface area contributed by atoms with Gasteiger partial charge < -0.3 is 4.42 Å². The first kappa shape index (κ1) is 11.3. The second kappa shape index (κ2) is 4.56. The molecule has 98 valence electrons. The lowest BCUT2D eigenvalue weighted by Gasteiger charge is -2.07. The Balaban J connectivity index is 1.88. The lowest BCUT2D eigenvalue weighted by Crippen LogP contribution is -1.97. The zero-order valence-electron chi connectivity index (χ0n) is 10.9. The third kappa shape index (κ3) is 1.81. The van der Waals surface area contributed by atoms with Crippen LogP contribution in [0.4, 0.5) is 0 Å². The molecule has 0 radical (unpaired) electrons. The summed E-state index contributed by atoms with van der Waals surface area (Å²) in [7, 11) is 0. The van der Waals surface area contributed by atoms with Crippen LogP contribution in [0.2, 0.25) is 0 Å². The molecule has 0 saturated carbocycles. The van der Waals surface area contributed by atoms with E-state index in [0.29, 0.717) is 5.76 Å². The fraction of sp³-hybridized carbons (Fsp3) is 0.188. The smallest absolute Gasteiger partial charge is 0.181 e. The van der Waals surface area contributed by atoms with Crippen molar-refractivity contribution in [2.24, 2.45) is 0 Å². The summed E-state index contributed by atoms with van der Waals surface area (Å²) in [6.45, 7) is 0. The Hall–Kier alpha value is -2.49.